The van der Waals surface area contributed by atoms with Crippen LogP contribution in [0.3, 0.4) is 0 Å². The van der Waals surface area contributed by atoms with Crippen molar-refractivity contribution >= 4 is 35.6 Å². The summed E-state index contributed by atoms with van der Waals surface area (Å²) in [6.07, 6.45) is 5.22. The molecule has 1 aromatic rings. The number of methoxy groups -OCH3 is 1. The van der Waals surface area contributed by atoms with Crippen LogP contribution in [0.2, 0.25) is 0 Å². The predicted octanol–water partition coefficient (Wildman–Crippen LogP) is 2.72. The zero-order valence-electron chi connectivity index (χ0n) is 12.6. The average Bonchev–Trinajstić information content (AvgIpc) is 2.46. The minimum Gasteiger partial charge on any atom is -0.493 e. The first-order valence-electron chi connectivity index (χ1n) is 6.54. The summed E-state index contributed by atoms with van der Waals surface area (Å²) in [5.41, 5.74) is 0.853. The van der Waals surface area contributed by atoms with Gasteiger partial charge in [-0.15, -0.1) is 30.4 Å². The maximum Gasteiger partial charge on any atom is 0.196 e. The summed E-state index contributed by atoms with van der Waals surface area (Å²) in [5, 5.41) is 6.29. The summed E-state index contributed by atoms with van der Waals surface area (Å²) in [4.78, 5) is 4.23. The Kier molecular flexibility index (Phi) is 10.2. The number of terminal acetylenes is 1. The summed E-state index contributed by atoms with van der Waals surface area (Å²) in [6.45, 7) is 5.57. The molecule has 0 aromatic heterocycles. The van der Waals surface area contributed by atoms with Crippen molar-refractivity contribution in [1.29, 1.82) is 0 Å². The minimum atomic E-state index is 0. The van der Waals surface area contributed by atoms with Crippen LogP contribution >= 0.6 is 24.0 Å². The Morgan fingerprint density at radius 2 is 2.10 bits per heavy atom. The largest absolute Gasteiger partial charge is 0.493 e. The van der Waals surface area contributed by atoms with Crippen molar-refractivity contribution in [3.63, 3.8) is 0 Å². The Hall–Kier alpha value is -1.62. The van der Waals surface area contributed by atoms with Crippen molar-refractivity contribution in [3.8, 4) is 23.8 Å². The van der Waals surface area contributed by atoms with Crippen molar-refractivity contribution in [2.75, 3.05) is 32.1 Å². The van der Waals surface area contributed by atoms with Crippen LogP contribution in [0.15, 0.2) is 23.2 Å². The molecular formula is C15H22IN3O2. The van der Waals surface area contributed by atoms with Crippen LogP contribution in [-0.4, -0.2) is 32.8 Å². The second-order valence-corrected chi connectivity index (χ2v) is 3.82. The van der Waals surface area contributed by atoms with Gasteiger partial charge in [-0.2, -0.15) is 0 Å². The van der Waals surface area contributed by atoms with E-state index in [9.17, 15) is 0 Å². The maximum absolute atomic E-state index is 5.53. The lowest BCUT2D eigenvalue weighted by atomic mass is 10.2. The zero-order valence-corrected chi connectivity index (χ0v) is 14.9. The Labute approximate surface area is 143 Å². The highest BCUT2D eigenvalue weighted by molar-refractivity contribution is 14.0. The molecule has 21 heavy (non-hydrogen) atoms. The molecule has 0 bridgehead atoms. The minimum absolute atomic E-state index is 0. The van der Waals surface area contributed by atoms with Gasteiger partial charge in [0.05, 0.1) is 13.7 Å². The molecule has 1 rings (SSSR count). The van der Waals surface area contributed by atoms with Gasteiger partial charge in [0, 0.05) is 18.3 Å². The van der Waals surface area contributed by atoms with E-state index < -0.39 is 0 Å². The van der Waals surface area contributed by atoms with E-state index in [0.717, 1.165) is 12.2 Å². The SMILES string of the molecule is C#CCN=C(NCC)Nc1ccc(OC)c(OCC)c1.I. The number of hydrogen-bond donors (Lipinski definition) is 2. The molecule has 0 atom stereocenters. The van der Waals surface area contributed by atoms with E-state index in [1.807, 2.05) is 32.0 Å². The summed E-state index contributed by atoms with van der Waals surface area (Å²) in [5.74, 6) is 4.50. The molecule has 0 radical (unpaired) electrons. The summed E-state index contributed by atoms with van der Waals surface area (Å²) < 4.78 is 10.8. The Morgan fingerprint density at radius 1 is 1.33 bits per heavy atom. The van der Waals surface area contributed by atoms with Crippen LogP contribution in [0.1, 0.15) is 13.8 Å². The predicted molar refractivity (Wildman–Crippen MR) is 98.0 cm³/mol. The number of halogens is 1. The highest BCUT2D eigenvalue weighted by Gasteiger charge is 2.06. The standard InChI is InChI=1S/C15H21N3O2.HI/c1-5-10-17-15(16-6-2)18-12-8-9-13(19-4)14(11-12)20-7-3;/h1,8-9,11H,6-7,10H2,2-4H3,(H2,16,17,18);1H. The molecule has 0 aliphatic carbocycles. The van der Waals surface area contributed by atoms with Gasteiger partial charge in [0.15, 0.2) is 17.5 Å². The van der Waals surface area contributed by atoms with Gasteiger partial charge < -0.3 is 20.1 Å². The number of aliphatic imine (C=N–C) groups is 1. The van der Waals surface area contributed by atoms with Crippen LogP contribution in [0.25, 0.3) is 0 Å². The second-order valence-electron chi connectivity index (χ2n) is 3.82. The number of ether oxygens (including phenoxy) is 2. The summed E-state index contributed by atoms with van der Waals surface area (Å²) in [6, 6.07) is 5.60. The Morgan fingerprint density at radius 3 is 2.67 bits per heavy atom. The summed E-state index contributed by atoms with van der Waals surface area (Å²) in [7, 11) is 1.61. The third-order valence-electron chi connectivity index (χ3n) is 2.40. The number of nitrogens with zero attached hydrogens (tertiary/aromatic N) is 1. The van der Waals surface area contributed by atoms with E-state index >= 15 is 0 Å². The van der Waals surface area contributed by atoms with Crippen molar-refractivity contribution in [2.45, 2.75) is 13.8 Å². The quantitative estimate of drug-likeness (QED) is 0.332. The lowest BCUT2D eigenvalue weighted by Gasteiger charge is -2.14. The number of hydrogen-bond acceptors (Lipinski definition) is 3. The lowest BCUT2D eigenvalue weighted by Crippen LogP contribution is -2.30. The van der Waals surface area contributed by atoms with E-state index in [0.29, 0.717) is 30.6 Å². The van der Waals surface area contributed by atoms with E-state index in [4.69, 9.17) is 15.9 Å². The molecule has 1 aromatic carbocycles. The van der Waals surface area contributed by atoms with Crippen LogP contribution in [0, 0.1) is 12.3 Å². The molecule has 0 aliphatic rings. The normalized spacial score (nSPS) is 10.1. The van der Waals surface area contributed by atoms with Gasteiger partial charge in [-0.3, -0.25) is 0 Å². The van der Waals surface area contributed by atoms with Crippen LogP contribution in [0.5, 0.6) is 11.5 Å². The maximum atomic E-state index is 5.53. The zero-order chi connectivity index (χ0) is 14.8. The van der Waals surface area contributed by atoms with Crippen molar-refractivity contribution in [2.24, 2.45) is 4.99 Å². The van der Waals surface area contributed by atoms with Gasteiger partial charge in [-0.1, -0.05) is 5.92 Å². The fourth-order valence-corrected chi connectivity index (χ4v) is 1.59. The monoisotopic (exact) mass is 403 g/mol. The molecule has 5 nitrogen and oxygen atoms in total. The fraction of sp³-hybridized carbons (Fsp3) is 0.400. The molecule has 0 fully saturated rings. The molecule has 6 heteroatoms. The lowest BCUT2D eigenvalue weighted by molar-refractivity contribution is 0.311. The molecule has 0 heterocycles. The van der Waals surface area contributed by atoms with Gasteiger partial charge in [0.25, 0.3) is 0 Å². The number of rotatable bonds is 6. The third kappa shape index (κ3) is 6.58. The van der Waals surface area contributed by atoms with Gasteiger partial charge >= 0.3 is 0 Å². The first-order chi connectivity index (χ1) is 9.74. The smallest absolute Gasteiger partial charge is 0.196 e. The molecule has 0 spiro atoms. The van der Waals surface area contributed by atoms with E-state index in [2.05, 4.69) is 21.5 Å². The molecule has 116 valence electrons. The molecule has 0 saturated heterocycles. The van der Waals surface area contributed by atoms with Gasteiger partial charge in [-0.05, 0) is 26.0 Å². The Bertz CT molecular complexity index is 498. The molecule has 0 aliphatic heterocycles. The van der Waals surface area contributed by atoms with Crippen LogP contribution < -0.4 is 20.1 Å². The first-order valence-corrected chi connectivity index (χ1v) is 6.54. The second kappa shape index (κ2) is 11.1. The third-order valence-corrected chi connectivity index (χ3v) is 2.40. The van der Waals surface area contributed by atoms with E-state index in [-0.39, 0.29) is 24.0 Å². The number of nitrogens with one attached hydrogen (secondary N) is 2. The van der Waals surface area contributed by atoms with Crippen molar-refractivity contribution in [1.82, 2.24) is 5.32 Å². The number of guanidine groups is 1. The molecular weight excluding hydrogens is 381 g/mol. The highest BCUT2D eigenvalue weighted by atomic mass is 127. The summed E-state index contributed by atoms with van der Waals surface area (Å²) >= 11 is 0. The van der Waals surface area contributed by atoms with Gasteiger partial charge in [-0.25, -0.2) is 4.99 Å². The van der Waals surface area contributed by atoms with Gasteiger partial charge in [0.2, 0.25) is 0 Å². The van der Waals surface area contributed by atoms with Crippen molar-refractivity contribution in [3.05, 3.63) is 18.2 Å². The van der Waals surface area contributed by atoms with E-state index in [1.165, 1.54) is 0 Å². The van der Waals surface area contributed by atoms with Crippen LogP contribution in [-0.2, 0) is 0 Å². The fourth-order valence-electron chi connectivity index (χ4n) is 1.59. The molecule has 0 unspecified atom stereocenters. The van der Waals surface area contributed by atoms with Gasteiger partial charge in [0.1, 0.15) is 6.54 Å². The Balaban J connectivity index is 0.00000400. The average molecular weight is 403 g/mol. The molecule has 0 saturated carbocycles. The van der Waals surface area contributed by atoms with E-state index in [1.54, 1.807) is 7.11 Å². The first kappa shape index (κ1) is 19.4. The highest BCUT2D eigenvalue weighted by Crippen LogP contribution is 2.30. The van der Waals surface area contributed by atoms with Crippen LogP contribution in [0.4, 0.5) is 5.69 Å². The number of benzene rings is 1. The van der Waals surface area contributed by atoms with Crippen molar-refractivity contribution < 1.29 is 9.47 Å². The molecule has 2 N–H and O–H groups in total. The topological polar surface area (TPSA) is 54.9 Å². The number of anilines is 1. The molecule has 0 amide bonds.